The highest BCUT2D eigenvalue weighted by atomic mass is 16.2. The minimum Gasteiger partial charge on any atom is -0.355 e. The number of hydrogen-bond acceptors (Lipinski definition) is 2. The molecule has 0 radical (unpaired) electrons. The van der Waals surface area contributed by atoms with E-state index in [1.165, 1.54) is 0 Å². The summed E-state index contributed by atoms with van der Waals surface area (Å²) in [6, 6.07) is 0. The Morgan fingerprint density at radius 1 is 1.67 bits per heavy atom. The molecule has 4 nitrogen and oxygen atoms in total. The Balaban J connectivity index is 2.49. The van der Waals surface area contributed by atoms with Crippen LogP contribution in [0.5, 0.6) is 0 Å². The molecule has 0 saturated carbocycles. The van der Waals surface area contributed by atoms with Crippen molar-refractivity contribution < 1.29 is 9.59 Å². The van der Waals surface area contributed by atoms with Gasteiger partial charge in [0.2, 0.25) is 11.8 Å². The predicted molar refractivity (Wildman–Crippen MR) is 56.8 cm³/mol. The van der Waals surface area contributed by atoms with Gasteiger partial charge in [-0.05, 0) is 20.3 Å². The van der Waals surface area contributed by atoms with Crippen LogP contribution >= 0.6 is 0 Å². The normalized spacial score (nSPS) is 21.4. The van der Waals surface area contributed by atoms with Gasteiger partial charge >= 0.3 is 0 Å². The van der Waals surface area contributed by atoms with Crippen molar-refractivity contribution in [3.05, 3.63) is 0 Å². The van der Waals surface area contributed by atoms with Gasteiger partial charge in [0, 0.05) is 13.0 Å². The average molecular weight is 208 g/mol. The van der Waals surface area contributed by atoms with Crippen LogP contribution in [0.3, 0.4) is 0 Å². The summed E-state index contributed by atoms with van der Waals surface area (Å²) in [5, 5.41) is 5.43. The van der Waals surface area contributed by atoms with Gasteiger partial charge < -0.3 is 10.6 Å². The first-order valence-corrected chi connectivity index (χ1v) is 5.01. The van der Waals surface area contributed by atoms with E-state index in [4.69, 9.17) is 6.42 Å². The van der Waals surface area contributed by atoms with Crippen LogP contribution in [-0.4, -0.2) is 23.9 Å². The fourth-order valence-corrected chi connectivity index (χ4v) is 1.40. The minimum absolute atomic E-state index is 0.00950. The Morgan fingerprint density at radius 2 is 2.33 bits per heavy atom. The largest absolute Gasteiger partial charge is 0.355 e. The zero-order valence-corrected chi connectivity index (χ0v) is 9.09. The molecule has 2 N–H and O–H groups in total. The van der Waals surface area contributed by atoms with E-state index in [-0.39, 0.29) is 17.7 Å². The quantitative estimate of drug-likeness (QED) is 0.629. The molecule has 82 valence electrons. The molecule has 1 heterocycles. The molecule has 1 atom stereocenters. The summed E-state index contributed by atoms with van der Waals surface area (Å²) in [5.41, 5.74) is -0.626. The van der Waals surface area contributed by atoms with Gasteiger partial charge in [-0.15, -0.1) is 6.42 Å². The Hall–Kier alpha value is -1.50. The van der Waals surface area contributed by atoms with Gasteiger partial charge in [-0.2, -0.15) is 0 Å². The van der Waals surface area contributed by atoms with Crippen LogP contribution in [0.1, 0.15) is 26.7 Å². The summed E-state index contributed by atoms with van der Waals surface area (Å²) in [6.45, 7) is 3.95. The average Bonchev–Trinajstić information content (AvgIpc) is 2.18. The van der Waals surface area contributed by atoms with Crippen LogP contribution in [0.4, 0.5) is 0 Å². The molecule has 1 unspecified atom stereocenters. The van der Waals surface area contributed by atoms with E-state index in [1.807, 2.05) is 0 Å². The third-order valence-corrected chi connectivity index (χ3v) is 2.43. The second-order valence-electron chi connectivity index (χ2n) is 4.30. The lowest BCUT2D eigenvalue weighted by Crippen LogP contribution is -2.49. The zero-order chi connectivity index (χ0) is 11.5. The van der Waals surface area contributed by atoms with Crippen molar-refractivity contribution in [2.75, 3.05) is 6.54 Å². The fourth-order valence-electron chi connectivity index (χ4n) is 1.40. The first-order chi connectivity index (χ1) is 6.94. The van der Waals surface area contributed by atoms with E-state index in [1.54, 1.807) is 13.8 Å². The first kappa shape index (κ1) is 11.6. The Kier molecular flexibility index (Phi) is 3.35. The van der Waals surface area contributed by atoms with Crippen molar-refractivity contribution >= 4 is 11.8 Å². The molecule has 0 bridgehead atoms. The number of carbonyl (C=O) groups excluding carboxylic acids is 2. The number of rotatable bonds is 2. The lowest BCUT2D eigenvalue weighted by atomic mass is 9.96. The van der Waals surface area contributed by atoms with Crippen LogP contribution in [0, 0.1) is 18.3 Å². The minimum atomic E-state index is -0.626. The highest BCUT2D eigenvalue weighted by molar-refractivity contribution is 5.84. The molecule has 1 fully saturated rings. The summed E-state index contributed by atoms with van der Waals surface area (Å²) in [4.78, 5) is 22.6. The predicted octanol–water partition coefficient (Wildman–Crippen LogP) is 0.0406. The summed E-state index contributed by atoms with van der Waals surface area (Å²) in [5.74, 6) is 2.27. The molecule has 0 aromatic rings. The second-order valence-corrected chi connectivity index (χ2v) is 4.30. The van der Waals surface area contributed by atoms with Gasteiger partial charge in [-0.3, -0.25) is 9.59 Å². The highest BCUT2D eigenvalue weighted by Gasteiger charge is 2.27. The molecule has 0 aromatic heterocycles. The maximum Gasteiger partial charge on any atom is 0.226 e. The van der Waals surface area contributed by atoms with Gasteiger partial charge in [0.05, 0.1) is 11.5 Å². The zero-order valence-electron chi connectivity index (χ0n) is 9.09. The van der Waals surface area contributed by atoms with E-state index in [2.05, 4.69) is 16.6 Å². The maximum atomic E-state index is 11.7. The van der Waals surface area contributed by atoms with E-state index in [0.29, 0.717) is 19.4 Å². The van der Waals surface area contributed by atoms with Crippen molar-refractivity contribution in [3.63, 3.8) is 0 Å². The molecule has 2 amide bonds. The summed E-state index contributed by atoms with van der Waals surface area (Å²) >= 11 is 0. The number of carbonyl (C=O) groups is 2. The lowest BCUT2D eigenvalue weighted by Gasteiger charge is -2.26. The first-order valence-electron chi connectivity index (χ1n) is 5.01. The maximum absolute atomic E-state index is 11.7. The van der Waals surface area contributed by atoms with E-state index < -0.39 is 5.54 Å². The highest BCUT2D eigenvalue weighted by Crippen LogP contribution is 2.12. The molecule has 1 aliphatic rings. The Morgan fingerprint density at radius 3 is 2.80 bits per heavy atom. The van der Waals surface area contributed by atoms with Gasteiger partial charge in [-0.1, -0.05) is 5.92 Å². The molecule has 4 heteroatoms. The lowest BCUT2D eigenvalue weighted by molar-refractivity contribution is -0.129. The van der Waals surface area contributed by atoms with Crippen molar-refractivity contribution in [1.82, 2.24) is 10.6 Å². The molecule has 0 aromatic carbocycles. The number of amides is 2. The van der Waals surface area contributed by atoms with Crippen LogP contribution in [0.15, 0.2) is 0 Å². The smallest absolute Gasteiger partial charge is 0.226 e. The Labute approximate surface area is 89.8 Å². The monoisotopic (exact) mass is 208 g/mol. The van der Waals surface area contributed by atoms with Crippen LogP contribution in [-0.2, 0) is 9.59 Å². The molecule has 1 aliphatic heterocycles. The molecule has 0 aliphatic carbocycles. The van der Waals surface area contributed by atoms with Crippen molar-refractivity contribution in [2.24, 2.45) is 5.92 Å². The number of hydrogen-bond donors (Lipinski definition) is 2. The summed E-state index contributed by atoms with van der Waals surface area (Å²) in [6.07, 6.45) is 6.28. The third kappa shape index (κ3) is 3.28. The fraction of sp³-hybridized carbons (Fsp3) is 0.636. The number of nitrogens with one attached hydrogen (secondary N) is 2. The van der Waals surface area contributed by atoms with Crippen molar-refractivity contribution in [3.8, 4) is 12.3 Å². The van der Waals surface area contributed by atoms with Gasteiger partial charge in [0.15, 0.2) is 0 Å². The van der Waals surface area contributed by atoms with Crippen LogP contribution in [0.2, 0.25) is 0 Å². The van der Waals surface area contributed by atoms with Crippen molar-refractivity contribution in [1.29, 1.82) is 0 Å². The van der Waals surface area contributed by atoms with Gasteiger partial charge in [0.1, 0.15) is 0 Å². The van der Waals surface area contributed by atoms with Crippen molar-refractivity contribution in [2.45, 2.75) is 32.2 Å². The number of piperidine rings is 1. The Bertz CT molecular complexity index is 305. The summed E-state index contributed by atoms with van der Waals surface area (Å²) in [7, 11) is 0. The van der Waals surface area contributed by atoms with Crippen LogP contribution < -0.4 is 10.6 Å². The van der Waals surface area contributed by atoms with E-state index >= 15 is 0 Å². The van der Waals surface area contributed by atoms with E-state index in [9.17, 15) is 9.59 Å². The van der Waals surface area contributed by atoms with Gasteiger partial charge in [0.25, 0.3) is 0 Å². The second kappa shape index (κ2) is 4.35. The summed E-state index contributed by atoms with van der Waals surface area (Å²) < 4.78 is 0. The molecular weight excluding hydrogens is 192 g/mol. The molecule has 1 rings (SSSR count). The van der Waals surface area contributed by atoms with Gasteiger partial charge in [-0.25, -0.2) is 0 Å². The molecular formula is C11H16N2O2. The molecule has 1 saturated heterocycles. The topological polar surface area (TPSA) is 58.2 Å². The SMILES string of the molecule is C#CC(C)(C)NC(=O)C1CCC(=O)NC1. The van der Waals surface area contributed by atoms with Crippen LogP contribution in [0.25, 0.3) is 0 Å². The third-order valence-electron chi connectivity index (χ3n) is 2.43. The standard InChI is InChI=1S/C11H16N2O2/c1-4-11(2,3)13-10(15)8-5-6-9(14)12-7-8/h1,8H,5-7H2,2-3H3,(H,12,14)(H,13,15). The molecule has 0 spiro atoms. The number of terminal acetylenes is 1. The molecule has 15 heavy (non-hydrogen) atoms. The van der Waals surface area contributed by atoms with E-state index in [0.717, 1.165) is 0 Å².